The van der Waals surface area contributed by atoms with Crippen LogP contribution in [0.25, 0.3) is 0 Å². The molecule has 0 saturated heterocycles. The number of carbonyl (C=O) groups is 1. The quantitative estimate of drug-likeness (QED) is 0.616. The van der Waals surface area contributed by atoms with Crippen molar-refractivity contribution in [2.75, 3.05) is 6.54 Å². The second kappa shape index (κ2) is 5.71. The second-order valence-corrected chi connectivity index (χ2v) is 5.00. The van der Waals surface area contributed by atoms with Crippen LogP contribution in [0.4, 0.5) is 0 Å². The Bertz CT molecular complexity index is 473. The lowest BCUT2D eigenvalue weighted by Crippen LogP contribution is -2.30. The first-order valence-electron chi connectivity index (χ1n) is 4.74. The van der Waals surface area contributed by atoms with Crippen LogP contribution in [0.5, 0.6) is 0 Å². The number of aliphatic carboxylic acids is 1. The predicted octanol–water partition coefficient (Wildman–Crippen LogP) is -0.804. The van der Waals surface area contributed by atoms with E-state index in [1.807, 2.05) is 0 Å². The second-order valence-electron chi connectivity index (χ2n) is 3.23. The molecule has 0 bridgehead atoms. The highest BCUT2D eigenvalue weighted by Crippen LogP contribution is 2.05. The molecule has 0 aliphatic rings. The average molecular weight is 260 g/mol. The molecule has 0 amide bonds. The fraction of sp³-hybridized carbons (Fsp3) is 0.333. The molecule has 0 fully saturated rings. The molecule has 7 nitrogen and oxygen atoms in total. The third-order valence-electron chi connectivity index (χ3n) is 1.94. The van der Waals surface area contributed by atoms with Gasteiger partial charge in [-0.05, 0) is 18.6 Å². The summed E-state index contributed by atoms with van der Waals surface area (Å²) >= 11 is 0. The van der Waals surface area contributed by atoms with Gasteiger partial charge < -0.3 is 10.2 Å². The molecule has 0 aliphatic heterocycles. The zero-order valence-electron chi connectivity index (χ0n) is 8.78. The topological polar surface area (TPSA) is 117 Å². The smallest absolute Gasteiger partial charge is 0.332 e. The van der Waals surface area contributed by atoms with Crippen molar-refractivity contribution in [1.29, 1.82) is 0 Å². The Balaban J connectivity index is 2.55. The lowest BCUT2D eigenvalue weighted by Gasteiger charge is -2.07. The molecule has 0 saturated carbocycles. The maximum Gasteiger partial charge on any atom is 0.332 e. The van der Waals surface area contributed by atoms with Gasteiger partial charge in [0.05, 0.1) is 0 Å². The van der Waals surface area contributed by atoms with E-state index in [4.69, 9.17) is 10.2 Å². The number of carboxylic acids is 1. The Morgan fingerprint density at radius 1 is 1.53 bits per heavy atom. The summed E-state index contributed by atoms with van der Waals surface area (Å²) in [6.45, 7) is -0.162. The highest BCUT2D eigenvalue weighted by atomic mass is 32.2. The number of aromatic nitrogens is 1. The van der Waals surface area contributed by atoms with Gasteiger partial charge in [0.15, 0.2) is 6.10 Å². The highest BCUT2D eigenvalue weighted by Gasteiger charge is 2.16. The molecule has 1 atom stereocenters. The molecule has 1 unspecified atom stereocenters. The zero-order valence-corrected chi connectivity index (χ0v) is 9.59. The van der Waals surface area contributed by atoms with Crippen molar-refractivity contribution < 1.29 is 23.4 Å². The van der Waals surface area contributed by atoms with Crippen LogP contribution < -0.4 is 4.72 Å². The minimum Gasteiger partial charge on any atom is -0.479 e. The molecule has 1 aromatic heterocycles. The fourth-order valence-corrected chi connectivity index (χ4v) is 2.05. The minimum absolute atomic E-state index is 0.00943. The van der Waals surface area contributed by atoms with E-state index < -0.39 is 22.1 Å². The lowest BCUT2D eigenvalue weighted by atomic mass is 10.3. The van der Waals surface area contributed by atoms with Gasteiger partial charge in [-0.25, -0.2) is 17.9 Å². The molecule has 1 heterocycles. The van der Waals surface area contributed by atoms with E-state index in [1.165, 1.54) is 24.5 Å². The minimum atomic E-state index is -3.70. The number of nitrogens with one attached hydrogen (secondary N) is 1. The van der Waals surface area contributed by atoms with E-state index in [0.29, 0.717) is 0 Å². The summed E-state index contributed by atoms with van der Waals surface area (Å²) in [5.41, 5.74) is 0. The van der Waals surface area contributed by atoms with Gasteiger partial charge in [0.1, 0.15) is 4.90 Å². The Morgan fingerprint density at radius 2 is 2.24 bits per heavy atom. The molecule has 0 spiro atoms. The average Bonchev–Trinajstić information content (AvgIpc) is 2.29. The Kier molecular flexibility index (Phi) is 4.55. The van der Waals surface area contributed by atoms with E-state index in [2.05, 4.69) is 9.71 Å². The van der Waals surface area contributed by atoms with Gasteiger partial charge in [-0.2, -0.15) is 0 Å². The van der Waals surface area contributed by atoms with E-state index in [-0.39, 0.29) is 17.9 Å². The number of sulfonamides is 1. The van der Waals surface area contributed by atoms with Crippen LogP contribution in [-0.4, -0.2) is 42.2 Å². The molecular formula is C9H12N2O5S. The summed E-state index contributed by atoms with van der Waals surface area (Å²) in [7, 11) is -3.70. The molecule has 0 radical (unpaired) electrons. The standard InChI is InChI=1S/C9H12N2O5S/c12-8(9(13)14)3-5-11-17(15,16)7-2-1-4-10-6-7/h1-2,4,6,8,11-12H,3,5H2,(H,13,14). The largest absolute Gasteiger partial charge is 0.479 e. The van der Waals surface area contributed by atoms with E-state index >= 15 is 0 Å². The maximum atomic E-state index is 11.6. The van der Waals surface area contributed by atoms with Gasteiger partial charge in [0, 0.05) is 18.9 Å². The third kappa shape index (κ3) is 4.10. The van der Waals surface area contributed by atoms with Gasteiger partial charge in [-0.15, -0.1) is 0 Å². The van der Waals surface area contributed by atoms with Crippen LogP contribution >= 0.6 is 0 Å². The van der Waals surface area contributed by atoms with Crippen molar-refractivity contribution in [3.63, 3.8) is 0 Å². The predicted molar refractivity (Wildman–Crippen MR) is 57.7 cm³/mol. The number of aliphatic hydroxyl groups is 1. The van der Waals surface area contributed by atoms with Crippen LogP contribution in [0.3, 0.4) is 0 Å². The molecule has 94 valence electrons. The number of carboxylic acid groups (broad SMARTS) is 1. The molecule has 0 aliphatic carbocycles. The zero-order chi connectivity index (χ0) is 12.9. The molecule has 0 aromatic carbocycles. The maximum absolute atomic E-state index is 11.6. The first-order chi connectivity index (χ1) is 7.93. The Hall–Kier alpha value is -1.51. The molecule has 1 aromatic rings. The molecule has 1 rings (SSSR count). The Labute approximate surface area is 98.2 Å². The van der Waals surface area contributed by atoms with Crippen molar-refractivity contribution >= 4 is 16.0 Å². The fourth-order valence-electron chi connectivity index (χ4n) is 1.04. The van der Waals surface area contributed by atoms with Crippen LogP contribution in [0.1, 0.15) is 6.42 Å². The van der Waals surface area contributed by atoms with Gasteiger partial charge >= 0.3 is 5.97 Å². The Morgan fingerprint density at radius 3 is 2.76 bits per heavy atom. The van der Waals surface area contributed by atoms with Crippen LogP contribution in [0.15, 0.2) is 29.4 Å². The van der Waals surface area contributed by atoms with Crippen molar-refractivity contribution in [2.45, 2.75) is 17.4 Å². The van der Waals surface area contributed by atoms with Crippen LogP contribution in [-0.2, 0) is 14.8 Å². The van der Waals surface area contributed by atoms with E-state index in [1.54, 1.807) is 0 Å². The number of hydrogen-bond donors (Lipinski definition) is 3. The molecule has 17 heavy (non-hydrogen) atoms. The summed E-state index contributed by atoms with van der Waals surface area (Å²) < 4.78 is 25.4. The number of pyridine rings is 1. The molecule has 8 heteroatoms. The lowest BCUT2D eigenvalue weighted by molar-refractivity contribution is -0.146. The first kappa shape index (κ1) is 13.6. The van der Waals surface area contributed by atoms with Gasteiger partial charge in [0.25, 0.3) is 0 Å². The van der Waals surface area contributed by atoms with Gasteiger partial charge in [-0.3, -0.25) is 4.98 Å². The van der Waals surface area contributed by atoms with E-state index in [9.17, 15) is 13.2 Å². The number of nitrogens with zero attached hydrogens (tertiary/aromatic N) is 1. The molecule has 3 N–H and O–H groups in total. The summed E-state index contributed by atoms with van der Waals surface area (Å²) in [6, 6.07) is 2.84. The van der Waals surface area contributed by atoms with Crippen molar-refractivity contribution in [2.24, 2.45) is 0 Å². The van der Waals surface area contributed by atoms with Crippen molar-refractivity contribution in [1.82, 2.24) is 9.71 Å². The van der Waals surface area contributed by atoms with Crippen molar-refractivity contribution in [3.8, 4) is 0 Å². The highest BCUT2D eigenvalue weighted by molar-refractivity contribution is 7.89. The van der Waals surface area contributed by atoms with Gasteiger partial charge in [-0.1, -0.05) is 0 Å². The summed E-state index contributed by atoms with van der Waals surface area (Å²) in [6.07, 6.45) is 0.837. The number of hydrogen-bond acceptors (Lipinski definition) is 5. The van der Waals surface area contributed by atoms with E-state index in [0.717, 1.165) is 0 Å². The number of aliphatic hydroxyl groups excluding tert-OH is 1. The first-order valence-corrected chi connectivity index (χ1v) is 6.22. The summed E-state index contributed by atoms with van der Waals surface area (Å²) in [4.78, 5) is 13.9. The summed E-state index contributed by atoms with van der Waals surface area (Å²) in [5.74, 6) is -1.38. The molecular weight excluding hydrogens is 248 g/mol. The van der Waals surface area contributed by atoms with Crippen LogP contribution in [0.2, 0.25) is 0 Å². The van der Waals surface area contributed by atoms with Gasteiger partial charge in [0.2, 0.25) is 10.0 Å². The SMILES string of the molecule is O=C(O)C(O)CCNS(=O)(=O)c1cccnc1. The van der Waals surface area contributed by atoms with Crippen molar-refractivity contribution in [3.05, 3.63) is 24.5 Å². The third-order valence-corrected chi connectivity index (χ3v) is 3.39. The monoisotopic (exact) mass is 260 g/mol. The number of rotatable bonds is 6. The normalized spacial score (nSPS) is 13.2. The summed E-state index contributed by atoms with van der Waals surface area (Å²) in [5, 5.41) is 17.3. The van der Waals surface area contributed by atoms with Crippen LogP contribution in [0, 0.1) is 0 Å².